The van der Waals surface area contributed by atoms with Gasteiger partial charge >= 0.3 is 5.97 Å². The van der Waals surface area contributed by atoms with Crippen molar-refractivity contribution >= 4 is 17.8 Å². The maximum absolute atomic E-state index is 12.1. The quantitative estimate of drug-likeness (QED) is 0.551. The molecule has 3 N–H and O–H groups in total. The van der Waals surface area contributed by atoms with E-state index in [0.29, 0.717) is 19.7 Å². The van der Waals surface area contributed by atoms with Crippen molar-refractivity contribution in [3.8, 4) is 0 Å². The van der Waals surface area contributed by atoms with Gasteiger partial charge in [0, 0.05) is 19.3 Å². The first-order valence-electron chi connectivity index (χ1n) is 7.06. The number of hydrogen-bond acceptors (Lipinski definition) is 5. The normalized spacial score (nSPS) is 19.3. The van der Waals surface area contributed by atoms with Crippen LogP contribution in [0.1, 0.15) is 6.92 Å². The molecule has 1 heterocycles. The zero-order valence-corrected chi connectivity index (χ0v) is 12.9. The first-order valence-corrected chi connectivity index (χ1v) is 7.06. The lowest BCUT2D eigenvalue weighted by molar-refractivity contribution is -0.134. The van der Waals surface area contributed by atoms with Crippen LogP contribution in [0.5, 0.6) is 0 Å². The lowest BCUT2D eigenvalue weighted by atomic mass is 10.1. The third-order valence-electron chi connectivity index (χ3n) is 3.30. The standard InChI is InChI=1S/C15H21N3O5/c1-4-13(19)17-11(15(21)22)9-18(14(20)5-2)10(3)12-8-16-6-7-23-12/h4-5,9-10,12,16H,1-2,6-8H2,3H3,(H,17,19)(H,21,22). The van der Waals surface area contributed by atoms with Crippen molar-refractivity contribution in [3.63, 3.8) is 0 Å². The molecule has 0 aromatic carbocycles. The summed E-state index contributed by atoms with van der Waals surface area (Å²) in [5.41, 5.74) is -0.444. The molecule has 2 atom stereocenters. The van der Waals surface area contributed by atoms with Gasteiger partial charge in [-0.2, -0.15) is 0 Å². The first-order chi connectivity index (χ1) is 10.9. The van der Waals surface area contributed by atoms with E-state index in [2.05, 4.69) is 23.8 Å². The third kappa shape index (κ3) is 5.35. The van der Waals surface area contributed by atoms with Crippen LogP contribution in [0.2, 0.25) is 0 Å². The topological polar surface area (TPSA) is 108 Å². The highest BCUT2D eigenvalue weighted by molar-refractivity contribution is 5.97. The number of carboxylic acids is 1. The lowest BCUT2D eigenvalue weighted by Gasteiger charge is -2.34. The number of rotatable bonds is 7. The molecular weight excluding hydrogens is 302 g/mol. The minimum atomic E-state index is -1.38. The molecule has 0 saturated carbocycles. The molecule has 23 heavy (non-hydrogen) atoms. The van der Waals surface area contributed by atoms with Crippen LogP contribution in [0, 0.1) is 0 Å². The smallest absolute Gasteiger partial charge is 0.353 e. The third-order valence-corrected chi connectivity index (χ3v) is 3.30. The number of carbonyl (C=O) groups excluding carboxylic acids is 2. The highest BCUT2D eigenvalue weighted by Crippen LogP contribution is 2.13. The summed E-state index contributed by atoms with van der Waals surface area (Å²) in [6, 6.07) is -0.455. The second-order valence-corrected chi connectivity index (χ2v) is 4.84. The minimum absolute atomic E-state index is 0.311. The number of nitrogens with zero attached hydrogens (tertiary/aromatic N) is 1. The molecule has 1 rings (SSSR count). The second kappa shape index (κ2) is 8.86. The molecule has 0 bridgehead atoms. The Morgan fingerprint density at radius 3 is 2.57 bits per heavy atom. The minimum Gasteiger partial charge on any atom is -0.477 e. The van der Waals surface area contributed by atoms with Crippen molar-refractivity contribution in [1.29, 1.82) is 0 Å². The zero-order chi connectivity index (χ0) is 17.4. The Kier molecular flexibility index (Phi) is 7.17. The molecule has 2 amide bonds. The average Bonchev–Trinajstić information content (AvgIpc) is 2.57. The summed E-state index contributed by atoms with van der Waals surface area (Å²) in [4.78, 5) is 35.8. The van der Waals surface area contributed by atoms with E-state index in [1.807, 2.05) is 0 Å². The van der Waals surface area contributed by atoms with Gasteiger partial charge in [-0.25, -0.2) is 4.79 Å². The van der Waals surface area contributed by atoms with E-state index in [4.69, 9.17) is 4.74 Å². The van der Waals surface area contributed by atoms with Gasteiger partial charge in [-0.3, -0.25) is 9.59 Å². The van der Waals surface area contributed by atoms with E-state index in [1.54, 1.807) is 6.92 Å². The first kappa shape index (κ1) is 18.6. The molecule has 126 valence electrons. The molecule has 1 fully saturated rings. The van der Waals surface area contributed by atoms with Crippen molar-refractivity contribution in [2.24, 2.45) is 0 Å². The van der Waals surface area contributed by atoms with Crippen molar-refractivity contribution in [2.75, 3.05) is 19.7 Å². The molecule has 1 aliphatic heterocycles. The molecule has 0 aromatic heterocycles. The molecule has 1 saturated heterocycles. The number of nitrogens with one attached hydrogen (secondary N) is 2. The van der Waals surface area contributed by atoms with Crippen LogP contribution >= 0.6 is 0 Å². The zero-order valence-electron chi connectivity index (χ0n) is 12.9. The van der Waals surface area contributed by atoms with E-state index >= 15 is 0 Å². The van der Waals surface area contributed by atoms with Crippen LogP contribution in [0.3, 0.4) is 0 Å². The van der Waals surface area contributed by atoms with Gasteiger partial charge in [0.25, 0.3) is 0 Å². The van der Waals surface area contributed by atoms with Crippen LogP contribution in [0.15, 0.2) is 37.2 Å². The number of ether oxygens (including phenoxy) is 1. The summed E-state index contributed by atoms with van der Waals surface area (Å²) in [5.74, 6) is -2.57. The molecule has 0 radical (unpaired) electrons. The van der Waals surface area contributed by atoms with Crippen molar-refractivity contribution < 1.29 is 24.2 Å². The Hall–Kier alpha value is -2.45. The van der Waals surface area contributed by atoms with Crippen LogP contribution in [0.25, 0.3) is 0 Å². The number of amides is 2. The summed E-state index contributed by atoms with van der Waals surface area (Å²) < 4.78 is 5.59. The van der Waals surface area contributed by atoms with Gasteiger partial charge in [-0.05, 0) is 19.1 Å². The van der Waals surface area contributed by atoms with E-state index in [1.165, 1.54) is 4.90 Å². The molecule has 1 aliphatic rings. The summed E-state index contributed by atoms with van der Waals surface area (Å²) in [6.07, 6.45) is 2.76. The van der Waals surface area contributed by atoms with Gasteiger partial charge in [-0.1, -0.05) is 13.2 Å². The Balaban J connectivity index is 3.06. The number of carboxylic acid groups (broad SMARTS) is 1. The fourth-order valence-electron chi connectivity index (χ4n) is 2.03. The highest BCUT2D eigenvalue weighted by Gasteiger charge is 2.28. The SMILES string of the molecule is C=CC(=O)NC(=CN(C(=O)C=C)C(C)C1CNCCO1)C(=O)O. The second-order valence-electron chi connectivity index (χ2n) is 4.84. The molecule has 2 unspecified atom stereocenters. The molecule has 8 nitrogen and oxygen atoms in total. The van der Waals surface area contributed by atoms with Gasteiger partial charge in [0.05, 0.1) is 18.8 Å². The lowest BCUT2D eigenvalue weighted by Crippen LogP contribution is -2.51. The largest absolute Gasteiger partial charge is 0.477 e. The maximum Gasteiger partial charge on any atom is 0.353 e. The number of aliphatic carboxylic acids is 1. The summed E-state index contributed by atoms with van der Waals surface area (Å²) in [7, 11) is 0. The fourth-order valence-corrected chi connectivity index (χ4v) is 2.03. The van der Waals surface area contributed by atoms with Crippen LogP contribution in [-0.4, -0.2) is 59.6 Å². The highest BCUT2D eigenvalue weighted by atomic mass is 16.5. The van der Waals surface area contributed by atoms with Gasteiger partial charge in [-0.15, -0.1) is 0 Å². The predicted molar refractivity (Wildman–Crippen MR) is 83.2 cm³/mol. The average molecular weight is 323 g/mol. The Bertz CT molecular complexity index is 523. The van der Waals surface area contributed by atoms with Gasteiger partial charge in [0.15, 0.2) is 0 Å². The molecule has 8 heteroatoms. The monoisotopic (exact) mass is 323 g/mol. The van der Waals surface area contributed by atoms with E-state index in [0.717, 1.165) is 18.4 Å². The number of carbonyl (C=O) groups is 3. The van der Waals surface area contributed by atoms with Crippen LogP contribution in [-0.2, 0) is 19.1 Å². The summed E-state index contributed by atoms with van der Waals surface area (Å²) in [6.45, 7) is 10.1. The van der Waals surface area contributed by atoms with Crippen LogP contribution in [0.4, 0.5) is 0 Å². The number of hydrogen-bond donors (Lipinski definition) is 3. The van der Waals surface area contributed by atoms with Crippen molar-refractivity contribution in [3.05, 3.63) is 37.2 Å². The van der Waals surface area contributed by atoms with Crippen molar-refractivity contribution in [1.82, 2.24) is 15.5 Å². The van der Waals surface area contributed by atoms with Crippen molar-refractivity contribution in [2.45, 2.75) is 19.1 Å². The fraction of sp³-hybridized carbons (Fsp3) is 0.400. The maximum atomic E-state index is 12.1. The van der Waals surface area contributed by atoms with E-state index < -0.39 is 29.5 Å². The Morgan fingerprint density at radius 2 is 2.09 bits per heavy atom. The summed E-state index contributed by atoms with van der Waals surface area (Å²) >= 11 is 0. The molecule has 0 aromatic rings. The predicted octanol–water partition coefficient (Wildman–Crippen LogP) is -0.394. The number of morpholine rings is 1. The van der Waals surface area contributed by atoms with Gasteiger partial charge in [0.1, 0.15) is 5.70 Å². The summed E-state index contributed by atoms with van der Waals surface area (Å²) in [5, 5.41) is 14.5. The van der Waals surface area contributed by atoms with Gasteiger partial charge < -0.3 is 25.4 Å². The molecule has 0 spiro atoms. The van der Waals surface area contributed by atoms with Crippen LogP contribution < -0.4 is 10.6 Å². The van der Waals surface area contributed by atoms with Gasteiger partial charge in [0.2, 0.25) is 11.8 Å². The molecule has 0 aliphatic carbocycles. The Morgan fingerprint density at radius 1 is 1.39 bits per heavy atom. The van der Waals surface area contributed by atoms with E-state index in [-0.39, 0.29) is 6.10 Å². The Labute approximate surface area is 134 Å². The molecular formula is C15H21N3O5. The van der Waals surface area contributed by atoms with E-state index in [9.17, 15) is 19.5 Å².